The maximum absolute atomic E-state index is 11.8. The smallest absolute Gasteiger partial charge is 0.353 e. The number of nitrogens with zero attached hydrogens (tertiary/aromatic N) is 3. The fraction of sp³-hybridized carbons (Fsp3) is 0.158. The number of rotatable bonds is 7. The number of hydrogen-bond acceptors (Lipinski definition) is 8. The first-order valence-electron chi connectivity index (χ1n) is 8.44. The average molecular weight is 416 g/mol. The third-order valence-corrected chi connectivity index (χ3v) is 4.34. The van der Waals surface area contributed by atoms with Crippen LogP contribution in [0.25, 0.3) is 0 Å². The molecule has 10 heteroatoms. The minimum absolute atomic E-state index is 0.0147. The molecule has 0 radical (unpaired) electrons. The number of aromatic nitrogens is 2. The van der Waals surface area contributed by atoms with Gasteiger partial charge in [0.2, 0.25) is 11.6 Å². The van der Waals surface area contributed by atoms with Gasteiger partial charge in [-0.1, -0.05) is 29.3 Å². The highest BCUT2D eigenvalue weighted by atomic mass is 35.5. The molecule has 0 bridgehead atoms. The predicted octanol–water partition coefficient (Wildman–Crippen LogP) is 4.85. The highest BCUT2D eigenvalue weighted by Gasteiger charge is 2.24. The molecule has 9 nitrogen and oxygen atoms in total. The molecule has 3 aromatic rings. The van der Waals surface area contributed by atoms with Crippen LogP contribution < -0.4 is 20.1 Å². The summed E-state index contributed by atoms with van der Waals surface area (Å²) in [5, 5.41) is 17.9. The van der Waals surface area contributed by atoms with E-state index in [0.717, 1.165) is 5.56 Å². The predicted molar refractivity (Wildman–Crippen MR) is 111 cm³/mol. The zero-order chi connectivity index (χ0) is 21.0. The van der Waals surface area contributed by atoms with Gasteiger partial charge >= 0.3 is 5.69 Å². The van der Waals surface area contributed by atoms with Gasteiger partial charge in [0.25, 0.3) is 0 Å². The van der Waals surface area contributed by atoms with Gasteiger partial charge in [0.15, 0.2) is 0 Å². The Morgan fingerprint density at radius 3 is 2.21 bits per heavy atom. The number of nitro groups is 1. The van der Waals surface area contributed by atoms with Crippen LogP contribution in [0.4, 0.5) is 28.7 Å². The molecular formula is C19H18ClN5O4. The van der Waals surface area contributed by atoms with Gasteiger partial charge in [0.1, 0.15) is 17.8 Å². The van der Waals surface area contributed by atoms with Crippen LogP contribution in [0.2, 0.25) is 5.02 Å². The standard InChI is InChI=1S/C19H18ClN5O4/c1-11-4-6-12(7-5-11)23-18-17(25(26)27)19(22-10-21-18)24-14-8-13(20)15(28-2)9-16(14)29-3/h4-10H,1-3H3,(H2,21,22,23,24). The van der Waals surface area contributed by atoms with Crippen molar-refractivity contribution < 1.29 is 14.4 Å². The summed E-state index contributed by atoms with van der Waals surface area (Å²) in [6, 6.07) is 10.5. The van der Waals surface area contributed by atoms with Gasteiger partial charge < -0.3 is 20.1 Å². The Kier molecular flexibility index (Phi) is 5.99. The molecule has 0 saturated carbocycles. The SMILES string of the molecule is COc1cc(OC)c(Nc2ncnc(Nc3ccc(C)cc3)c2[N+](=O)[O-])cc1Cl. The fourth-order valence-corrected chi connectivity index (χ4v) is 2.83. The maximum Gasteiger partial charge on any atom is 0.353 e. The van der Waals surface area contributed by atoms with E-state index in [4.69, 9.17) is 21.1 Å². The number of halogens is 1. The van der Waals surface area contributed by atoms with Gasteiger partial charge in [-0.15, -0.1) is 0 Å². The number of benzene rings is 2. The van der Waals surface area contributed by atoms with E-state index >= 15 is 0 Å². The molecule has 1 aromatic heterocycles. The minimum atomic E-state index is -0.559. The molecule has 0 aliphatic heterocycles. The van der Waals surface area contributed by atoms with Gasteiger partial charge in [-0.3, -0.25) is 10.1 Å². The van der Waals surface area contributed by atoms with Crippen LogP contribution in [0.3, 0.4) is 0 Å². The largest absolute Gasteiger partial charge is 0.495 e. The summed E-state index contributed by atoms with van der Waals surface area (Å²) in [4.78, 5) is 19.3. The van der Waals surface area contributed by atoms with Crippen molar-refractivity contribution in [1.82, 2.24) is 9.97 Å². The number of hydrogen-bond donors (Lipinski definition) is 2. The van der Waals surface area contributed by atoms with Crippen molar-refractivity contribution in [2.45, 2.75) is 6.92 Å². The van der Waals surface area contributed by atoms with Gasteiger partial charge in [-0.2, -0.15) is 0 Å². The average Bonchev–Trinajstić information content (AvgIpc) is 2.70. The first kappa shape index (κ1) is 20.2. The zero-order valence-electron chi connectivity index (χ0n) is 15.9. The summed E-state index contributed by atoms with van der Waals surface area (Å²) in [6.45, 7) is 1.95. The molecule has 2 N–H and O–H groups in total. The topological polar surface area (TPSA) is 111 Å². The Morgan fingerprint density at radius 2 is 1.62 bits per heavy atom. The number of anilines is 4. The molecule has 3 rings (SSSR count). The van der Waals surface area contributed by atoms with E-state index in [9.17, 15) is 10.1 Å². The van der Waals surface area contributed by atoms with E-state index < -0.39 is 4.92 Å². The molecule has 0 saturated heterocycles. The lowest BCUT2D eigenvalue weighted by Gasteiger charge is -2.14. The highest BCUT2D eigenvalue weighted by molar-refractivity contribution is 6.32. The highest BCUT2D eigenvalue weighted by Crippen LogP contribution is 2.39. The lowest BCUT2D eigenvalue weighted by Crippen LogP contribution is -2.06. The summed E-state index contributed by atoms with van der Waals surface area (Å²) in [7, 11) is 2.94. The zero-order valence-corrected chi connectivity index (χ0v) is 16.6. The molecule has 150 valence electrons. The molecular weight excluding hydrogens is 398 g/mol. The van der Waals surface area contributed by atoms with Crippen molar-refractivity contribution in [2.75, 3.05) is 24.9 Å². The molecule has 0 aliphatic carbocycles. The van der Waals surface area contributed by atoms with Crippen LogP contribution in [-0.4, -0.2) is 29.1 Å². The number of ether oxygens (including phenoxy) is 2. The summed E-state index contributed by atoms with van der Waals surface area (Å²) < 4.78 is 10.5. The Bertz CT molecular complexity index is 1040. The quantitative estimate of drug-likeness (QED) is 0.416. The van der Waals surface area contributed by atoms with Gasteiger partial charge in [-0.05, 0) is 25.1 Å². The molecule has 0 atom stereocenters. The second-order valence-electron chi connectivity index (χ2n) is 5.98. The van der Waals surface area contributed by atoms with Gasteiger partial charge in [0, 0.05) is 11.8 Å². The van der Waals surface area contributed by atoms with E-state index in [-0.39, 0.29) is 17.3 Å². The Balaban J connectivity index is 2.01. The number of aryl methyl sites for hydroxylation is 1. The van der Waals surface area contributed by atoms with E-state index in [0.29, 0.717) is 27.9 Å². The maximum atomic E-state index is 11.8. The minimum Gasteiger partial charge on any atom is -0.495 e. The van der Waals surface area contributed by atoms with Crippen LogP contribution in [0, 0.1) is 17.0 Å². The van der Waals surface area contributed by atoms with Crippen LogP contribution in [0.15, 0.2) is 42.7 Å². The Labute approximate surface area is 171 Å². The first-order chi connectivity index (χ1) is 13.9. The van der Waals surface area contributed by atoms with Crippen molar-refractivity contribution in [1.29, 1.82) is 0 Å². The van der Waals surface area contributed by atoms with E-state index in [1.165, 1.54) is 26.6 Å². The normalized spacial score (nSPS) is 10.3. The van der Waals surface area contributed by atoms with Crippen LogP contribution in [-0.2, 0) is 0 Å². The third kappa shape index (κ3) is 4.46. The van der Waals surface area contributed by atoms with Gasteiger partial charge in [0.05, 0.1) is 29.9 Å². The second-order valence-corrected chi connectivity index (χ2v) is 6.39. The van der Waals surface area contributed by atoms with Crippen LogP contribution in [0.5, 0.6) is 11.5 Å². The number of methoxy groups -OCH3 is 2. The molecule has 0 spiro atoms. The lowest BCUT2D eigenvalue weighted by molar-refractivity contribution is -0.383. The van der Waals surface area contributed by atoms with E-state index in [2.05, 4.69) is 20.6 Å². The first-order valence-corrected chi connectivity index (χ1v) is 8.82. The Morgan fingerprint density at radius 1 is 1.00 bits per heavy atom. The fourth-order valence-electron chi connectivity index (χ4n) is 2.59. The number of nitrogens with one attached hydrogen (secondary N) is 2. The molecule has 0 fully saturated rings. The van der Waals surface area contributed by atoms with Crippen molar-refractivity contribution >= 4 is 40.3 Å². The van der Waals surface area contributed by atoms with Gasteiger partial charge in [-0.25, -0.2) is 9.97 Å². The van der Waals surface area contributed by atoms with E-state index in [1.807, 2.05) is 19.1 Å². The van der Waals surface area contributed by atoms with Crippen LogP contribution >= 0.6 is 11.6 Å². The Hall–Kier alpha value is -3.59. The molecule has 2 aromatic carbocycles. The second kappa shape index (κ2) is 8.61. The van der Waals surface area contributed by atoms with Crippen molar-refractivity contribution in [3.05, 3.63) is 63.4 Å². The summed E-state index contributed by atoms with van der Waals surface area (Å²) >= 11 is 6.18. The summed E-state index contributed by atoms with van der Waals surface area (Å²) in [5.74, 6) is 0.828. The van der Waals surface area contributed by atoms with Crippen molar-refractivity contribution in [3.8, 4) is 11.5 Å². The summed E-state index contributed by atoms with van der Waals surface area (Å²) in [6.07, 6.45) is 1.23. The van der Waals surface area contributed by atoms with E-state index in [1.54, 1.807) is 18.2 Å². The lowest BCUT2D eigenvalue weighted by atomic mass is 10.2. The monoisotopic (exact) mass is 415 g/mol. The molecule has 1 heterocycles. The van der Waals surface area contributed by atoms with Crippen LogP contribution in [0.1, 0.15) is 5.56 Å². The molecule has 0 aliphatic rings. The molecule has 0 amide bonds. The van der Waals surface area contributed by atoms with Crippen molar-refractivity contribution in [3.63, 3.8) is 0 Å². The third-order valence-electron chi connectivity index (χ3n) is 4.05. The van der Waals surface area contributed by atoms with Crippen molar-refractivity contribution in [2.24, 2.45) is 0 Å². The summed E-state index contributed by atoms with van der Waals surface area (Å²) in [5.41, 5.74) is 1.80. The molecule has 29 heavy (non-hydrogen) atoms. The molecule has 0 unspecified atom stereocenters.